The van der Waals surface area contributed by atoms with Gasteiger partial charge in [0, 0.05) is 57.3 Å². The van der Waals surface area contributed by atoms with Gasteiger partial charge in [-0.25, -0.2) is 0 Å². The van der Waals surface area contributed by atoms with Crippen LogP contribution in [0.25, 0.3) is 0 Å². The molecule has 1 rings (SSSR count). The first kappa shape index (κ1) is 39.9. The number of rotatable bonds is 28. The lowest BCUT2D eigenvalue weighted by atomic mass is 9.86. The molecular formula is C31H55N7O7. The first-order chi connectivity index (χ1) is 21.8. The van der Waals surface area contributed by atoms with E-state index in [1.165, 1.54) is 0 Å². The molecule has 0 radical (unpaired) electrons. The van der Waals surface area contributed by atoms with Crippen molar-refractivity contribution in [3.05, 3.63) is 35.9 Å². The van der Waals surface area contributed by atoms with E-state index in [0.29, 0.717) is 65.1 Å². The Bertz CT molecular complexity index is 879. The molecule has 14 heteroatoms. The molecule has 0 unspecified atom stereocenters. The number of hydrogen-bond acceptors (Lipinski definition) is 10. The van der Waals surface area contributed by atoms with Crippen molar-refractivity contribution >= 4 is 23.6 Å². The van der Waals surface area contributed by atoms with E-state index >= 15 is 0 Å². The summed E-state index contributed by atoms with van der Waals surface area (Å²) in [6.07, 6.45) is 2.43. The summed E-state index contributed by atoms with van der Waals surface area (Å²) >= 11 is 0. The second kappa shape index (κ2) is 26.1. The minimum absolute atomic E-state index is 0.00603. The lowest BCUT2D eigenvalue weighted by Crippen LogP contribution is -2.43. The van der Waals surface area contributed by atoms with Crippen LogP contribution in [0.4, 0.5) is 0 Å². The van der Waals surface area contributed by atoms with E-state index in [2.05, 4.69) is 21.3 Å². The summed E-state index contributed by atoms with van der Waals surface area (Å²) in [5, 5.41) is 11.3. The predicted molar refractivity (Wildman–Crippen MR) is 172 cm³/mol. The van der Waals surface area contributed by atoms with Gasteiger partial charge in [0.15, 0.2) is 0 Å². The molecule has 14 nitrogen and oxygen atoms in total. The number of nitrogens with two attached hydrogens (primary N) is 3. The fourth-order valence-electron chi connectivity index (χ4n) is 4.09. The van der Waals surface area contributed by atoms with Crippen molar-refractivity contribution < 1.29 is 33.4 Å². The molecule has 45 heavy (non-hydrogen) atoms. The zero-order valence-electron chi connectivity index (χ0n) is 26.6. The fraction of sp³-hybridized carbons (Fsp3) is 0.677. The van der Waals surface area contributed by atoms with Crippen LogP contribution in [0.3, 0.4) is 0 Å². The van der Waals surface area contributed by atoms with Crippen LogP contribution in [-0.4, -0.2) is 103 Å². The van der Waals surface area contributed by atoms with Crippen LogP contribution in [0.2, 0.25) is 0 Å². The Morgan fingerprint density at radius 2 is 0.978 bits per heavy atom. The molecule has 1 aromatic rings. The van der Waals surface area contributed by atoms with E-state index in [-0.39, 0.29) is 89.0 Å². The fourth-order valence-corrected chi connectivity index (χ4v) is 4.09. The number of amides is 4. The van der Waals surface area contributed by atoms with E-state index in [1.54, 1.807) is 0 Å². The van der Waals surface area contributed by atoms with Gasteiger partial charge in [0.05, 0.1) is 39.6 Å². The molecule has 0 spiro atoms. The Kier molecular flexibility index (Phi) is 23.1. The number of hydrogen-bond donors (Lipinski definition) is 7. The molecule has 1 aromatic carbocycles. The van der Waals surface area contributed by atoms with Gasteiger partial charge in [-0.2, -0.15) is 0 Å². The van der Waals surface area contributed by atoms with Crippen LogP contribution in [0.15, 0.2) is 30.3 Å². The molecule has 0 aliphatic heterocycles. The average Bonchev–Trinajstić information content (AvgIpc) is 3.03. The minimum Gasteiger partial charge on any atom is -0.380 e. The second-order valence-corrected chi connectivity index (χ2v) is 10.8. The zero-order valence-corrected chi connectivity index (χ0v) is 26.6. The minimum atomic E-state index is -0.956. The van der Waals surface area contributed by atoms with Gasteiger partial charge in [-0.1, -0.05) is 30.3 Å². The van der Waals surface area contributed by atoms with Crippen LogP contribution in [0.1, 0.15) is 50.5 Å². The number of carbonyl (C=O) groups excluding carboxylic acids is 4. The molecule has 256 valence electrons. The molecule has 0 aliphatic rings. The summed E-state index contributed by atoms with van der Waals surface area (Å²) in [6, 6.07) is 9.52. The second-order valence-electron chi connectivity index (χ2n) is 10.8. The molecule has 0 atom stereocenters. The van der Waals surface area contributed by atoms with E-state index in [1.807, 2.05) is 30.3 Å². The summed E-state index contributed by atoms with van der Waals surface area (Å²) in [5.41, 5.74) is 16.4. The van der Waals surface area contributed by atoms with Crippen LogP contribution >= 0.6 is 0 Å². The molecule has 0 saturated heterocycles. The molecule has 0 aliphatic carbocycles. The predicted octanol–water partition coefficient (Wildman–Crippen LogP) is -0.706. The van der Waals surface area contributed by atoms with Crippen molar-refractivity contribution in [2.75, 3.05) is 78.9 Å². The van der Waals surface area contributed by atoms with E-state index in [4.69, 9.17) is 31.4 Å². The molecule has 0 saturated carbocycles. The van der Waals surface area contributed by atoms with Crippen molar-refractivity contribution in [3.8, 4) is 0 Å². The van der Waals surface area contributed by atoms with Crippen molar-refractivity contribution in [1.82, 2.24) is 21.3 Å². The molecule has 4 amide bonds. The van der Waals surface area contributed by atoms with Crippen molar-refractivity contribution in [3.63, 3.8) is 0 Å². The molecular weight excluding hydrogens is 582 g/mol. The number of ether oxygens (including phenoxy) is 3. The van der Waals surface area contributed by atoms with E-state index in [9.17, 15) is 19.2 Å². The number of benzene rings is 1. The highest BCUT2D eigenvalue weighted by molar-refractivity contribution is 5.77. The lowest BCUT2D eigenvalue weighted by Gasteiger charge is -2.33. The monoisotopic (exact) mass is 637 g/mol. The van der Waals surface area contributed by atoms with Gasteiger partial charge in [-0.15, -0.1) is 0 Å². The van der Waals surface area contributed by atoms with Crippen molar-refractivity contribution in [1.29, 1.82) is 0 Å². The van der Waals surface area contributed by atoms with E-state index in [0.717, 1.165) is 5.56 Å². The zero-order chi connectivity index (χ0) is 33.0. The van der Waals surface area contributed by atoms with Crippen LogP contribution in [0.5, 0.6) is 0 Å². The Morgan fingerprint density at radius 3 is 1.36 bits per heavy atom. The van der Waals surface area contributed by atoms with Crippen LogP contribution in [-0.2, 0) is 39.9 Å². The highest BCUT2D eigenvalue weighted by Crippen LogP contribution is 2.25. The number of nitrogens with one attached hydrogen (secondary N) is 4. The van der Waals surface area contributed by atoms with E-state index < -0.39 is 5.41 Å². The summed E-state index contributed by atoms with van der Waals surface area (Å²) < 4.78 is 17.8. The third kappa shape index (κ3) is 21.3. The third-order valence-electron chi connectivity index (χ3n) is 6.62. The van der Waals surface area contributed by atoms with Gasteiger partial charge in [0.25, 0.3) is 0 Å². The van der Waals surface area contributed by atoms with Gasteiger partial charge in [0.1, 0.15) is 0 Å². The first-order valence-electron chi connectivity index (χ1n) is 15.8. The van der Waals surface area contributed by atoms with Gasteiger partial charge in [-0.05, 0) is 44.5 Å². The van der Waals surface area contributed by atoms with Gasteiger partial charge in [-0.3, -0.25) is 19.2 Å². The topological polar surface area (TPSA) is 222 Å². The van der Waals surface area contributed by atoms with Crippen LogP contribution < -0.4 is 38.5 Å². The molecule has 0 heterocycles. The maximum Gasteiger partial charge on any atom is 0.222 e. The summed E-state index contributed by atoms with van der Waals surface area (Å²) in [7, 11) is 0. The average molecular weight is 638 g/mol. The Hall–Kier alpha value is -3.14. The molecule has 0 fully saturated rings. The first-order valence-corrected chi connectivity index (χ1v) is 15.8. The highest BCUT2D eigenvalue weighted by Gasteiger charge is 2.35. The normalized spacial score (nSPS) is 11.2. The van der Waals surface area contributed by atoms with Gasteiger partial charge < -0.3 is 52.7 Å². The largest absolute Gasteiger partial charge is 0.380 e. The Morgan fingerprint density at radius 1 is 0.578 bits per heavy atom. The third-order valence-corrected chi connectivity index (χ3v) is 6.62. The van der Waals surface area contributed by atoms with Crippen molar-refractivity contribution in [2.45, 2.75) is 51.5 Å². The Labute approximate surface area is 267 Å². The molecule has 0 bridgehead atoms. The lowest BCUT2D eigenvalue weighted by molar-refractivity contribution is -0.134. The maximum absolute atomic E-state index is 13.2. The van der Waals surface area contributed by atoms with Crippen molar-refractivity contribution in [2.24, 2.45) is 22.6 Å². The SMILES string of the molecule is NCCCNC(=O)CCOCC(COCCC(=O)NCCCN)(COCCC(=O)NCCCN)CC(=O)NCc1ccccc1. The smallest absolute Gasteiger partial charge is 0.222 e. The highest BCUT2D eigenvalue weighted by atomic mass is 16.5. The maximum atomic E-state index is 13.2. The number of carbonyl (C=O) groups is 4. The molecule has 10 N–H and O–H groups in total. The summed E-state index contributed by atoms with van der Waals surface area (Å²) in [6.45, 7) is 3.76. The standard InChI is InChI=1S/C31H55N7O7/c32-12-4-15-35-27(39)9-18-43-23-31(24-44-19-10-28(40)36-16-5-13-33,25-45-20-11-29(41)37-17-6-14-34)21-30(42)38-22-26-7-2-1-3-8-26/h1-3,7-8H,4-6,9-25,32-34H2,(H,35,39)(H,36,40)(H,37,41)(H,38,42). The summed E-state index contributed by atoms with van der Waals surface area (Å²) in [4.78, 5) is 49.6. The Balaban J connectivity index is 2.90. The quantitative estimate of drug-likeness (QED) is 0.0572. The van der Waals surface area contributed by atoms with Crippen LogP contribution in [0, 0.1) is 5.41 Å². The summed E-state index contributed by atoms with van der Waals surface area (Å²) in [5.74, 6) is -0.733. The van der Waals surface area contributed by atoms with Gasteiger partial charge >= 0.3 is 0 Å². The molecule has 0 aromatic heterocycles. The van der Waals surface area contributed by atoms with Gasteiger partial charge in [0.2, 0.25) is 23.6 Å².